The summed E-state index contributed by atoms with van der Waals surface area (Å²) in [4.78, 5) is 6.97. The van der Waals surface area contributed by atoms with Crippen LogP contribution in [0.4, 0.5) is 0 Å². The van der Waals surface area contributed by atoms with E-state index in [1.54, 1.807) is 0 Å². The molecule has 18 heavy (non-hydrogen) atoms. The number of pyridine rings is 1. The van der Waals surface area contributed by atoms with Crippen LogP contribution in [-0.2, 0) is 6.54 Å². The number of nitrogens with two attached hydrogens (primary N) is 1. The molecule has 3 heterocycles. The van der Waals surface area contributed by atoms with E-state index >= 15 is 0 Å². The fourth-order valence-electron chi connectivity index (χ4n) is 2.56. The van der Waals surface area contributed by atoms with Crippen molar-refractivity contribution >= 4 is 17.2 Å². The minimum absolute atomic E-state index is 0.310. The van der Waals surface area contributed by atoms with Gasteiger partial charge in [-0.1, -0.05) is 11.6 Å². The minimum atomic E-state index is 0.310. The Kier molecular flexibility index (Phi) is 3.24. The Morgan fingerprint density at radius 1 is 1.39 bits per heavy atom. The number of imidazole rings is 1. The summed E-state index contributed by atoms with van der Waals surface area (Å²) in [5.74, 6) is 0. The van der Waals surface area contributed by atoms with Crippen LogP contribution in [0.25, 0.3) is 5.65 Å². The quantitative estimate of drug-likeness (QED) is 0.901. The Labute approximate surface area is 111 Å². The predicted molar refractivity (Wildman–Crippen MR) is 72.7 cm³/mol. The van der Waals surface area contributed by atoms with Crippen molar-refractivity contribution in [3.63, 3.8) is 0 Å². The molecule has 3 rings (SSSR count). The molecule has 0 saturated carbocycles. The lowest BCUT2D eigenvalue weighted by molar-refractivity contribution is 0.200. The second-order valence-electron chi connectivity index (χ2n) is 4.98. The molecule has 2 N–H and O–H groups in total. The fraction of sp³-hybridized carbons (Fsp3) is 0.462. The Morgan fingerprint density at radius 3 is 3.11 bits per heavy atom. The first-order chi connectivity index (χ1) is 8.70. The van der Waals surface area contributed by atoms with Crippen molar-refractivity contribution in [1.82, 2.24) is 14.3 Å². The van der Waals surface area contributed by atoms with Crippen molar-refractivity contribution in [2.24, 2.45) is 5.73 Å². The average molecular weight is 265 g/mol. The van der Waals surface area contributed by atoms with E-state index in [4.69, 9.17) is 17.3 Å². The number of nitrogens with zero attached hydrogens (tertiary/aromatic N) is 3. The molecule has 1 fully saturated rings. The van der Waals surface area contributed by atoms with E-state index in [1.807, 2.05) is 28.9 Å². The number of piperidine rings is 1. The van der Waals surface area contributed by atoms with Crippen LogP contribution in [0.5, 0.6) is 0 Å². The number of aromatic nitrogens is 2. The second kappa shape index (κ2) is 4.88. The Hall–Kier alpha value is -1.10. The first kappa shape index (κ1) is 12.0. The van der Waals surface area contributed by atoms with E-state index < -0.39 is 0 Å². The summed E-state index contributed by atoms with van der Waals surface area (Å²) in [5, 5.41) is 0.728. The molecular weight excluding hydrogens is 248 g/mol. The molecule has 1 saturated heterocycles. The summed E-state index contributed by atoms with van der Waals surface area (Å²) >= 11 is 5.96. The van der Waals surface area contributed by atoms with Crippen LogP contribution in [0.1, 0.15) is 18.5 Å². The Balaban J connectivity index is 1.78. The molecule has 0 unspecified atom stereocenters. The maximum atomic E-state index is 5.99. The van der Waals surface area contributed by atoms with Crippen LogP contribution in [0, 0.1) is 0 Å². The van der Waals surface area contributed by atoms with Crippen molar-refractivity contribution < 1.29 is 0 Å². The van der Waals surface area contributed by atoms with Gasteiger partial charge in [0, 0.05) is 31.5 Å². The zero-order valence-electron chi connectivity index (χ0n) is 10.2. The Bertz CT molecular complexity index is 551. The standard InChI is InChI=1S/C13H17ClN4/c14-10-3-4-13-16-12(9-18(13)6-10)8-17-5-1-2-11(15)7-17/h3-4,6,9,11H,1-2,5,7-8,15H2/t11-/m1/s1. The molecule has 1 aliphatic rings. The first-order valence-electron chi connectivity index (χ1n) is 6.32. The van der Waals surface area contributed by atoms with Gasteiger partial charge in [0.2, 0.25) is 0 Å². The van der Waals surface area contributed by atoms with Crippen molar-refractivity contribution in [3.05, 3.63) is 35.2 Å². The van der Waals surface area contributed by atoms with Gasteiger partial charge < -0.3 is 10.1 Å². The summed E-state index contributed by atoms with van der Waals surface area (Å²) in [5.41, 5.74) is 8.00. The van der Waals surface area contributed by atoms with Gasteiger partial charge >= 0.3 is 0 Å². The van der Waals surface area contributed by atoms with Gasteiger partial charge in [0.15, 0.2) is 0 Å². The first-order valence-corrected chi connectivity index (χ1v) is 6.69. The third-order valence-electron chi connectivity index (χ3n) is 3.39. The van der Waals surface area contributed by atoms with Gasteiger partial charge in [0.25, 0.3) is 0 Å². The van der Waals surface area contributed by atoms with Gasteiger partial charge in [0.05, 0.1) is 10.7 Å². The SMILES string of the molecule is N[C@@H]1CCCN(Cc2cn3cc(Cl)ccc3n2)C1. The van der Waals surface area contributed by atoms with Crippen molar-refractivity contribution in [2.75, 3.05) is 13.1 Å². The van der Waals surface area contributed by atoms with E-state index in [9.17, 15) is 0 Å². The van der Waals surface area contributed by atoms with Crippen LogP contribution in [0.15, 0.2) is 24.5 Å². The van der Waals surface area contributed by atoms with Gasteiger partial charge in [-0.05, 0) is 31.5 Å². The maximum Gasteiger partial charge on any atom is 0.137 e. The van der Waals surface area contributed by atoms with Gasteiger partial charge in [0.1, 0.15) is 5.65 Å². The zero-order valence-corrected chi connectivity index (χ0v) is 11.0. The van der Waals surface area contributed by atoms with Gasteiger partial charge in [-0.15, -0.1) is 0 Å². The number of halogens is 1. The lowest BCUT2D eigenvalue weighted by atomic mass is 10.1. The highest BCUT2D eigenvalue weighted by Gasteiger charge is 2.17. The van der Waals surface area contributed by atoms with Gasteiger partial charge in [-0.3, -0.25) is 4.90 Å². The molecule has 0 aliphatic carbocycles. The highest BCUT2D eigenvalue weighted by atomic mass is 35.5. The summed E-state index contributed by atoms with van der Waals surface area (Å²) in [6, 6.07) is 4.11. The van der Waals surface area contributed by atoms with Crippen LogP contribution < -0.4 is 5.73 Å². The van der Waals surface area contributed by atoms with Crippen LogP contribution in [0.3, 0.4) is 0 Å². The van der Waals surface area contributed by atoms with Crippen molar-refractivity contribution in [2.45, 2.75) is 25.4 Å². The molecule has 2 aromatic heterocycles. The molecular formula is C13H17ClN4. The third-order valence-corrected chi connectivity index (χ3v) is 3.62. The maximum absolute atomic E-state index is 5.99. The monoisotopic (exact) mass is 264 g/mol. The summed E-state index contributed by atoms with van der Waals surface area (Å²) < 4.78 is 1.97. The van der Waals surface area contributed by atoms with E-state index in [2.05, 4.69) is 9.88 Å². The normalized spacial score (nSPS) is 21.6. The van der Waals surface area contributed by atoms with Gasteiger partial charge in [-0.25, -0.2) is 4.98 Å². The lowest BCUT2D eigenvalue weighted by Gasteiger charge is -2.29. The molecule has 5 heteroatoms. The molecule has 4 nitrogen and oxygen atoms in total. The van der Waals surface area contributed by atoms with Gasteiger partial charge in [-0.2, -0.15) is 0 Å². The molecule has 1 atom stereocenters. The summed E-state index contributed by atoms with van der Waals surface area (Å²) in [6.45, 7) is 2.95. The number of rotatable bonds is 2. The molecule has 0 radical (unpaired) electrons. The molecule has 2 aromatic rings. The molecule has 96 valence electrons. The van der Waals surface area contributed by atoms with E-state index in [0.29, 0.717) is 6.04 Å². The van der Waals surface area contributed by atoms with Crippen LogP contribution in [-0.4, -0.2) is 33.4 Å². The topological polar surface area (TPSA) is 46.6 Å². The largest absolute Gasteiger partial charge is 0.327 e. The second-order valence-corrected chi connectivity index (χ2v) is 5.42. The number of hydrogen-bond acceptors (Lipinski definition) is 3. The van der Waals surface area contributed by atoms with Crippen molar-refractivity contribution in [3.8, 4) is 0 Å². The van der Waals surface area contributed by atoms with Crippen LogP contribution >= 0.6 is 11.6 Å². The summed E-state index contributed by atoms with van der Waals surface area (Å²) in [7, 11) is 0. The smallest absolute Gasteiger partial charge is 0.137 e. The Morgan fingerprint density at radius 2 is 2.28 bits per heavy atom. The minimum Gasteiger partial charge on any atom is -0.327 e. The van der Waals surface area contributed by atoms with E-state index in [0.717, 1.165) is 42.4 Å². The molecule has 0 amide bonds. The number of hydrogen-bond donors (Lipinski definition) is 1. The highest BCUT2D eigenvalue weighted by Crippen LogP contribution is 2.15. The average Bonchev–Trinajstić information content (AvgIpc) is 2.70. The summed E-state index contributed by atoms with van der Waals surface area (Å²) in [6.07, 6.45) is 6.24. The van der Waals surface area contributed by atoms with E-state index in [1.165, 1.54) is 6.42 Å². The fourth-order valence-corrected chi connectivity index (χ4v) is 2.73. The van der Waals surface area contributed by atoms with E-state index in [-0.39, 0.29) is 0 Å². The highest BCUT2D eigenvalue weighted by molar-refractivity contribution is 6.30. The van der Waals surface area contributed by atoms with Crippen molar-refractivity contribution in [1.29, 1.82) is 0 Å². The molecule has 0 aromatic carbocycles. The molecule has 0 bridgehead atoms. The zero-order chi connectivity index (χ0) is 12.5. The number of fused-ring (bicyclic) bond motifs is 1. The molecule has 1 aliphatic heterocycles. The predicted octanol–water partition coefficient (Wildman–Crippen LogP) is 1.91. The number of likely N-dealkylation sites (tertiary alicyclic amines) is 1. The molecule has 0 spiro atoms. The lowest BCUT2D eigenvalue weighted by Crippen LogP contribution is -2.42. The van der Waals surface area contributed by atoms with Crippen LogP contribution in [0.2, 0.25) is 5.02 Å². The third kappa shape index (κ3) is 2.51.